The molecule has 0 spiro atoms. The molecule has 2 unspecified atom stereocenters. The molecule has 0 aromatic heterocycles. The lowest BCUT2D eigenvalue weighted by molar-refractivity contribution is -0.135. The Hall–Kier alpha value is -0.590. The van der Waals surface area contributed by atoms with E-state index in [1.807, 2.05) is 0 Å². The lowest BCUT2D eigenvalue weighted by Gasteiger charge is -2.31. The van der Waals surface area contributed by atoms with Crippen LogP contribution in [0.25, 0.3) is 0 Å². The number of aliphatic hydroxyl groups excluding tert-OH is 1. The maximum absolute atomic E-state index is 12.3. The smallest absolute Gasteiger partial charge is 0.385 e. The van der Waals surface area contributed by atoms with Gasteiger partial charge in [0.05, 0.1) is 12.2 Å². The first-order chi connectivity index (χ1) is 12.8. The average molecular weight is 437 g/mol. The van der Waals surface area contributed by atoms with Crippen LogP contribution < -0.4 is 0 Å². The zero-order chi connectivity index (χ0) is 23.1. The van der Waals surface area contributed by atoms with Crippen LogP contribution >= 0.6 is 7.82 Å². The summed E-state index contributed by atoms with van der Waals surface area (Å²) in [6, 6.07) is 0. The molecule has 0 aromatic rings. The Balaban J connectivity index is 4.41. The molecule has 0 aliphatic carbocycles. The van der Waals surface area contributed by atoms with Crippen molar-refractivity contribution in [2.75, 3.05) is 6.61 Å². The summed E-state index contributed by atoms with van der Waals surface area (Å²) in [4.78, 5) is 34.0. The fourth-order valence-electron chi connectivity index (χ4n) is 2.67. The Bertz CT molecular complexity index is 585. The average Bonchev–Trinajstić information content (AvgIpc) is 2.48. The topological polar surface area (TPSA) is 110 Å². The van der Waals surface area contributed by atoms with E-state index in [-0.39, 0.29) is 24.2 Å². The molecule has 0 saturated carbocycles. The summed E-state index contributed by atoms with van der Waals surface area (Å²) in [6.07, 6.45) is 1.71. The summed E-state index contributed by atoms with van der Waals surface area (Å²) in [5, 5.41) is 10.3. The second-order valence-electron chi connectivity index (χ2n) is 10.6. The Labute approximate surface area is 176 Å². The molecule has 0 aromatic carbocycles. The van der Waals surface area contributed by atoms with Gasteiger partial charge >= 0.3 is 7.82 Å². The lowest BCUT2D eigenvalue weighted by Crippen LogP contribution is -2.39. The summed E-state index contributed by atoms with van der Waals surface area (Å²) in [6.45, 7) is 14.1. The van der Waals surface area contributed by atoms with Gasteiger partial charge in [-0.3, -0.25) is 18.6 Å². The van der Waals surface area contributed by atoms with Gasteiger partial charge in [-0.2, -0.15) is 0 Å². The zero-order valence-electron chi connectivity index (χ0n) is 19.4. The van der Waals surface area contributed by atoms with Crippen molar-refractivity contribution in [2.24, 2.45) is 10.8 Å². The molecule has 0 rings (SSSR count). The number of rotatable bonds is 13. The number of carbonyl (C=O) groups excluding carboxylic acids is 2. The van der Waals surface area contributed by atoms with Crippen molar-refractivity contribution in [3.8, 4) is 0 Å². The molecule has 0 aliphatic heterocycles. The van der Waals surface area contributed by atoms with Crippen molar-refractivity contribution >= 4 is 19.4 Å². The van der Waals surface area contributed by atoms with Gasteiger partial charge in [-0.05, 0) is 45.4 Å². The molecule has 172 valence electrons. The van der Waals surface area contributed by atoms with Crippen LogP contribution in [0, 0.1) is 10.8 Å². The molecule has 0 fully saturated rings. The van der Waals surface area contributed by atoms with Crippen molar-refractivity contribution in [3.63, 3.8) is 0 Å². The van der Waals surface area contributed by atoms with E-state index in [1.54, 1.807) is 34.6 Å². The first-order valence-corrected chi connectivity index (χ1v) is 11.7. The second-order valence-corrected chi connectivity index (χ2v) is 12.0. The molecule has 0 bridgehead atoms. The highest BCUT2D eigenvalue weighted by atomic mass is 31.2. The predicted octanol–water partition coefficient (Wildman–Crippen LogP) is 4.83. The highest BCUT2D eigenvalue weighted by Crippen LogP contribution is 2.48. The van der Waals surface area contributed by atoms with Crippen LogP contribution in [-0.2, 0) is 23.2 Å². The fourth-order valence-corrected chi connectivity index (χ4v) is 3.91. The number of ketones is 2. The molecule has 8 heteroatoms. The number of phosphoric acid groups is 1. The summed E-state index contributed by atoms with van der Waals surface area (Å²) in [7, 11) is -4.30. The van der Waals surface area contributed by atoms with Crippen molar-refractivity contribution in [2.45, 2.75) is 106 Å². The number of phosphoric ester groups is 1. The molecule has 2 N–H and O–H groups in total. The van der Waals surface area contributed by atoms with Gasteiger partial charge in [0, 0.05) is 24.7 Å². The fraction of sp³-hybridized carbons (Fsp3) is 0.905. The van der Waals surface area contributed by atoms with Gasteiger partial charge < -0.3 is 10.00 Å². The predicted molar refractivity (Wildman–Crippen MR) is 114 cm³/mol. The second kappa shape index (κ2) is 11.1. The largest absolute Gasteiger partial charge is 0.472 e. The van der Waals surface area contributed by atoms with Crippen molar-refractivity contribution in [3.05, 3.63) is 0 Å². The van der Waals surface area contributed by atoms with E-state index >= 15 is 0 Å². The highest BCUT2D eigenvalue weighted by molar-refractivity contribution is 7.47. The van der Waals surface area contributed by atoms with E-state index in [9.17, 15) is 24.2 Å². The van der Waals surface area contributed by atoms with Crippen LogP contribution in [0.3, 0.4) is 0 Å². The molecule has 7 nitrogen and oxygen atoms in total. The standard InChI is InChI=1S/C21H41O7P/c1-19(2,3)14-10-12-16(22)11-9-13-17(23)18(24)21(7,8)15-27-29(25,26)28-20(4,5)6/h18,24H,9-15H2,1-8H3,(H,25,26). The Morgan fingerprint density at radius 1 is 0.931 bits per heavy atom. The molecular weight excluding hydrogens is 395 g/mol. The normalized spacial score (nSPS) is 16.3. The minimum atomic E-state index is -4.30. The summed E-state index contributed by atoms with van der Waals surface area (Å²) < 4.78 is 21.9. The number of carbonyl (C=O) groups is 2. The van der Waals surface area contributed by atoms with Crippen LogP contribution in [-0.4, -0.2) is 39.9 Å². The zero-order valence-corrected chi connectivity index (χ0v) is 20.3. The van der Waals surface area contributed by atoms with Crippen LogP contribution in [0.1, 0.15) is 93.9 Å². The maximum Gasteiger partial charge on any atom is 0.472 e. The van der Waals surface area contributed by atoms with Crippen molar-refractivity contribution in [1.82, 2.24) is 0 Å². The molecule has 0 heterocycles. The van der Waals surface area contributed by atoms with E-state index in [0.29, 0.717) is 19.3 Å². The van der Waals surface area contributed by atoms with Gasteiger partial charge in [-0.1, -0.05) is 34.6 Å². The number of Topliss-reactive ketones (excluding diaryl/α,β-unsaturated/α-hetero) is 2. The SMILES string of the molecule is CC(C)(C)CCCC(=O)CCCC(=O)C(O)C(C)(C)COP(=O)(O)OC(C)(C)C. The molecule has 0 radical (unpaired) electrons. The number of hydrogen-bond acceptors (Lipinski definition) is 6. The summed E-state index contributed by atoms with van der Waals surface area (Å²) in [5.41, 5.74) is -1.75. The highest BCUT2D eigenvalue weighted by Gasteiger charge is 2.37. The van der Waals surface area contributed by atoms with E-state index < -0.39 is 30.7 Å². The molecule has 0 amide bonds. The first kappa shape index (κ1) is 28.4. The third kappa shape index (κ3) is 14.1. The first-order valence-electron chi connectivity index (χ1n) is 10.3. The van der Waals surface area contributed by atoms with Crippen LogP contribution in [0.4, 0.5) is 0 Å². The van der Waals surface area contributed by atoms with Gasteiger partial charge in [-0.15, -0.1) is 0 Å². The Morgan fingerprint density at radius 2 is 1.45 bits per heavy atom. The maximum atomic E-state index is 12.3. The van der Waals surface area contributed by atoms with Gasteiger partial charge in [0.2, 0.25) is 0 Å². The lowest BCUT2D eigenvalue weighted by atomic mass is 9.84. The van der Waals surface area contributed by atoms with E-state index in [2.05, 4.69) is 20.8 Å². The molecule has 2 atom stereocenters. The summed E-state index contributed by atoms with van der Waals surface area (Å²) in [5.74, 6) is -0.287. The monoisotopic (exact) mass is 436 g/mol. The van der Waals surface area contributed by atoms with Gasteiger partial charge in [0.15, 0.2) is 5.78 Å². The Kier molecular flexibility index (Phi) is 10.9. The molecule has 0 saturated heterocycles. The minimum absolute atomic E-state index is 0.0743. The van der Waals surface area contributed by atoms with Crippen molar-refractivity contribution < 1.29 is 33.2 Å². The Morgan fingerprint density at radius 3 is 1.93 bits per heavy atom. The van der Waals surface area contributed by atoms with Gasteiger partial charge in [0.25, 0.3) is 0 Å². The molecule has 29 heavy (non-hydrogen) atoms. The van der Waals surface area contributed by atoms with Crippen LogP contribution in [0.15, 0.2) is 0 Å². The van der Waals surface area contributed by atoms with Crippen molar-refractivity contribution in [1.29, 1.82) is 0 Å². The van der Waals surface area contributed by atoms with E-state index in [0.717, 1.165) is 12.8 Å². The molecule has 0 aliphatic rings. The van der Waals surface area contributed by atoms with Gasteiger partial charge in [0.1, 0.15) is 11.9 Å². The van der Waals surface area contributed by atoms with E-state index in [1.165, 1.54) is 0 Å². The van der Waals surface area contributed by atoms with E-state index in [4.69, 9.17) is 9.05 Å². The number of aliphatic hydroxyl groups is 1. The third-order valence-electron chi connectivity index (χ3n) is 4.30. The number of hydrogen-bond donors (Lipinski definition) is 2. The van der Waals surface area contributed by atoms with Gasteiger partial charge in [-0.25, -0.2) is 4.57 Å². The quantitative estimate of drug-likeness (QED) is 0.398. The third-order valence-corrected chi connectivity index (χ3v) is 5.53. The van der Waals surface area contributed by atoms with Crippen LogP contribution in [0.5, 0.6) is 0 Å². The minimum Gasteiger partial charge on any atom is -0.385 e. The summed E-state index contributed by atoms with van der Waals surface area (Å²) >= 11 is 0. The molecular formula is C21H41O7P. The van der Waals surface area contributed by atoms with Crippen LogP contribution in [0.2, 0.25) is 0 Å².